The maximum absolute atomic E-state index is 11.5. The molecule has 1 aliphatic heterocycles. The Bertz CT molecular complexity index is 392. The third-order valence-corrected chi connectivity index (χ3v) is 5.35. The van der Waals surface area contributed by atoms with E-state index in [9.17, 15) is 9.59 Å². The Morgan fingerprint density at radius 3 is 1.39 bits per heavy atom. The smallest absolute Gasteiger partial charge is 0.305 e. The summed E-state index contributed by atoms with van der Waals surface area (Å²) >= 11 is 0. The van der Waals surface area contributed by atoms with Gasteiger partial charge in [-0.1, -0.05) is 89.9 Å². The third-order valence-electron chi connectivity index (χ3n) is 5.35. The van der Waals surface area contributed by atoms with Crippen LogP contribution in [-0.2, 0) is 19.1 Å². The fourth-order valence-electron chi connectivity index (χ4n) is 3.44. The van der Waals surface area contributed by atoms with Crippen molar-refractivity contribution in [2.45, 2.75) is 122 Å². The van der Waals surface area contributed by atoms with E-state index in [0.29, 0.717) is 19.4 Å². The molecule has 1 fully saturated rings. The molecule has 1 rings (SSSR count). The standard InChI is InChI=1S/C23H42O5/c24-22(25)17-15-13-11-9-7-5-3-1-2-4-6-8-10-12-14-16-18-23(26)28-20-21-19-27-21/h21H,1-20H2,(H,24,25). The molecule has 0 aromatic heterocycles. The highest BCUT2D eigenvalue weighted by molar-refractivity contribution is 5.69. The predicted octanol–water partition coefficient (Wildman–Crippen LogP) is 6.03. The summed E-state index contributed by atoms with van der Waals surface area (Å²) in [5.41, 5.74) is 0. The first-order valence-corrected chi connectivity index (χ1v) is 11.7. The van der Waals surface area contributed by atoms with Crippen molar-refractivity contribution in [2.75, 3.05) is 13.2 Å². The zero-order valence-electron chi connectivity index (χ0n) is 17.8. The molecule has 0 saturated carbocycles. The molecule has 1 unspecified atom stereocenters. The Morgan fingerprint density at radius 1 is 0.679 bits per heavy atom. The number of aliphatic carboxylic acids is 1. The highest BCUT2D eigenvalue weighted by Gasteiger charge is 2.23. The van der Waals surface area contributed by atoms with Gasteiger partial charge in [0.25, 0.3) is 0 Å². The number of carboxylic acids is 1. The zero-order valence-corrected chi connectivity index (χ0v) is 17.8. The highest BCUT2D eigenvalue weighted by Crippen LogP contribution is 2.15. The summed E-state index contributed by atoms with van der Waals surface area (Å²) in [6, 6.07) is 0. The summed E-state index contributed by atoms with van der Waals surface area (Å²) in [6.07, 6.45) is 20.7. The maximum Gasteiger partial charge on any atom is 0.305 e. The lowest BCUT2D eigenvalue weighted by Crippen LogP contribution is -2.09. The second kappa shape index (κ2) is 18.0. The van der Waals surface area contributed by atoms with Crippen LogP contribution in [-0.4, -0.2) is 36.4 Å². The molecule has 1 atom stereocenters. The Hall–Kier alpha value is -1.10. The van der Waals surface area contributed by atoms with Crippen LogP contribution in [0.25, 0.3) is 0 Å². The molecule has 164 valence electrons. The van der Waals surface area contributed by atoms with E-state index in [1.54, 1.807) is 0 Å². The number of epoxide rings is 1. The number of rotatable bonds is 21. The first kappa shape index (κ1) is 24.9. The number of carboxylic acid groups (broad SMARTS) is 1. The number of esters is 1. The molecule has 1 saturated heterocycles. The molecule has 0 aromatic carbocycles. The molecule has 0 radical (unpaired) electrons. The van der Waals surface area contributed by atoms with Crippen LogP contribution >= 0.6 is 0 Å². The molecule has 0 amide bonds. The normalized spacial score (nSPS) is 15.5. The Morgan fingerprint density at radius 2 is 1.04 bits per heavy atom. The summed E-state index contributed by atoms with van der Waals surface area (Å²) in [6.45, 7) is 1.18. The van der Waals surface area contributed by atoms with Gasteiger partial charge in [-0.15, -0.1) is 0 Å². The molecule has 1 N–H and O–H groups in total. The summed E-state index contributed by atoms with van der Waals surface area (Å²) in [7, 11) is 0. The summed E-state index contributed by atoms with van der Waals surface area (Å²) in [5.74, 6) is -0.745. The third kappa shape index (κ3) is 18.3. The molecule has 5 nitrogen and oxygen atoms in total. The highest BCUT2D eigenvalue weighted by atomic mass is 16.6. The van der Waals surface area contributed by atoms with Gasteiger partial charge in [-0.25, -0.2) is 0 Å². The van der Waals surface area contributed by atoms with Gasteiger partial charge in [0.1, 0.15) is 12.7 Å². The van der Waals surface area contributed by atoms with Crippen LogP contribution in [0.5, 0.6) is 0 Å². The average molecular weight is 399 g/mol. The average Bonchev–Trinajstić information content (AvgIpc) is 3.49. The van der Waals surface area contributed by atoms with Gasteiger partial charge in [0.05, 0.1) is 6.61 Å². The molecular weight excluding hydrogens is 356 g/mol. The lowest BCUT2D eigenvalue weighted by atomic mass is 10.0. The number of carbonyl (C=O) groups excluding carboxylic acids is 1. The largest absolute Gasteiger partial charge is 0.481 e. The van der Waals surface area contributed by atoms with Gasteiger partial charge >= 0.3 is 11.9 Å². The van der Waals surface area contributed by atoms with E-state index in [2.05, 4.69) is 0 Å². The van der Waals surface area contributed by atoms with E-state index >= 15 is 0 Å². The Balaban J connectivity index is 1.65. The maximum atomic E-state index is 11.5. The molecule has 1 aliphatic rings. The van der Waals surface area contributed by atoms with Crippen LogP contribution in [0.1, 0.15) is 116 Å². The minimum atomic E-state index is -0.669. The van der Waals surface area contributed by atoms with Crippen molar-refractivity contribution in [3.05, 3.63) is 0 Å². The zero-order chi connectivity index (χ0) is 20.3. The van der Waals surface area contributed by atoms with E-state index in [-0.39, 0.29) is 12.1 Å². The van der Waals surface area contributed by atoms with Crippen molar-refractivity contribution in [1.29, 1.82) is 0 Å². The van der Waals surface area contributed by atoms with E-state index in [4.69, 9.17) is 14.6 Å². The van der Waals surface area contributed by atoms with Gasteiger partial charge in [0, 0.05) is 12.8 Å². The quantitative estimate of drug-likeness (QED) is 0.145. The van der Waals surface area contributed by atoms with Crippen molar-refractivity contribution in [3.63, 3.8) is 0 Å². The van der Waals surface area contributed by atoms with E-state index in [1.807, 2.05) is 0 Å². The second-order valence-corrected chi connectivity index (χ2v) is 8.19. The SMILES string of the molecule is O=C(O)CCCCCCCCCCCCCCCCCCC(=O)OCC1CO1. The van der Waals surface area contributed by atoms with Crippen molar-refractivity contribution in [1.82, 2.24) is 0 Å². The lowest BCUT2D eigenvalue weighted by molar-refractivity contribution is -0.144. The minimum Gasteiger partial charge on any atom is -0.481 e. The fraction of sp³-hybridized carbons (Fsp3) is 0.913. The molecule has 1 heterocycles. The topological polar surface area (TPSA) is 76.1 Å². The van der Waals surface area contributed by atoms with Crippen LogP contribution in [0.4, 0.5) is 0 Å². The van der Waals surface area contributed by atoms with Gasteiger partial charge in [0.2, 0.25) is 0 Å². The van der Waals surface area contributed by atoms with Crippen molar-refractivity contribution >= 4 is 11.9 Å². The molecule has 0 spiro atoms. The van der Waals surface area contributed by atoms with Crippen molar-refractivity contribution < 1.29 is 24.2 Å². The minimum absolute atomic E-state index is 0.0753. The monoisotopic (exact) mass is 398 g/mol. The van der Waals surface area contributed by atoms with Gasteiger partial charge in [-0.2, -0.15) is 0 Å². The van der Waals surface area contributed by atoms with Gasteiger partial charge < -0.3 is 14.6 Å². The first-order chi connectivity index (χ1) is 13.7. The van der Waals surface area contributed by atoms with Crippen molar-refractivity contribution in [3.8, 4) is 0 Å². The summed E-state index contributed by atoms with van der Waals surface area (Å²) < 4.78 is 10.1. The van der Waals surface area contributed by atoms with Crippen LogP contribution in [0, 0.1) is 0 Å². The Labute approximate surface area is 171 Å². The van der Waals surface area contributed by atoms with Crippen LogP contribution in [0.3, 0.4) is 0 Å². The lowest BCUT2D eigenvalue weighted by Gasteiger charge is -2.04. The van der Waals surface area contributed by atoms with Gasteiger partial charge in [-0.05, 0) is 12.8 Å². The van der Waals surface area contributed by atoms with Crippen molar-refractivity contribution in [2.24, 2.45) is 0 Å². The molecule has 28 heavy (non-hydrogen) atoms. The van der Waals surface area contributed by atoms with E-state index in [1.165, 1.54) is 77.0 Å². The second-order valence-electron chi connectivity index (χ2n) is 8.19. The number of ether oxygens (including phenoxy) is 2. The summed E-state index contributed by atoms with van der Waals surface area (Å²) in [4.78, 5) is 21.9. The first-order valence-electron chi connectivity index (χ1n) is 11.7. The molecule has 0 aliphatic carbocycles. The number of hydrogen-bond donors (Lipinski definition) is 1. The van der Waals surface area contributed by atoms with Gasteiger partial charge in [-0.3, -0.25) is 9.59 Å². The molecule has 5 heteroatoms. The molecule has 0 aromatic rings. The molecular formula is C23H42O5. The summed E-state index contributed by atoms with van der Waals surface area (Å²) in [5, 5.41) is 8.57. The van der Waals surface area contributed by atoms with E-state index in [0.717, 1.165) is 32.3 Å². The van der Waals surface area contributed by atoms with Crippen LogP contribution in [0.2, 0.25) is 0 Å². The van der Waals surface area contributed by atoms with Crippen LogP contribution < -0.4 is 0 Å². The van der Waals surface area contributed by atoms with E-state index < -0.39 is 5.97 Å². The predicted molar refractivity (Wildman–Crippen MR) is 111 cm³/mol. The van der Waals surface area contributed by atoms with Gasteiger partial charge in [0.15, 0.2) is 0 Å². The van der Waals surface area contributed by atoms with Crippen LogP contribution in [0.15, 0.2) is 0 Å². The Kier molecular flexibility index (Phi) is 16.0. The molecule has 0 bridgehead atoms. The number of hydrogen-bond acceptors (Lipinski definition) is 4. The fourth-order valence-corrected chi connectivity index (χ4v) is 3.44. The number of unbranched alkanes of at least 4 members (excludes halogenated alkanes) is 15. The number of carbonyl (C=O) groups is 2.